The van der Waals surface area contributed by atoms with Crippen LogP contribution < -0.4 is 14.9 Å². The Bertz CT molecular complexity index is 1000. The van der Waals surface area contributed by atoms with E-state index in [4.69, 9.17) is 4.74 Å². The summed E-state index contributed by atoms with van der Waals surface area (Å²) in [5, 5.41) is 2.91. The minimum absolute atomic E-state index is 0.0117. The number of nitrogens with one attached hydrogen (secondary N) is 1. The number of carbonyl (C=O) groups is 1. The molecule has 1 heterocycles. The second-order valence-electron chi connectivity index (χ2n) is 6.83. The van der Waals surface area contributed by atoms with Crippen molar-refractivity contribution in [2.45, 2.75) is 46.3 Å². The first-order valence-corrected chi connectivity index (χ1v) is 9.90. The maximum atomic E-state index is 12.6. The van der Waals surface area contributed by atoms with Crippen molar-refractivity contribution in [3.8, 4) is 5.75 Å². The molecule has 1 atom stereocenters. The van der Waals surface area contributed by atoms with Crippen molar-refractivity contribution in [1.82, 2.24) is 4.57 Å². The van der Waals surface area contributed by atoms with Crippen LogP contribution in [0.15, 0.2) is 47.3 Å². The molecule has 2 aromatic carbocycles. The highest BCUT2D eigenvalue weighted by atomic mass is 32.1. The maximum absolute atomic E-state index is 12.6. The summed E-state index contributed by atoms with van der Waals surface area (Å²) < 4.78 is 8.46. The molecule has 0 aliphatic rings. The molecule has 0 fully saturated rings. The first-order valence-electron chi connectivity index (χ1n) is 9.08. The van der Waals surface area contributed by atoms with Crippen molar-refractivity contribution >= 4 is 33.1 Å². The lowest BCUT2D eigenvalue weighted by molar-refractivity contribution is -0.122. The molecule has 0 aliphatic heterocycles. The summed E-state index contributed by atoms with van der Waals surface area (Å²) in [6.07, 6.45) is -0.0265. The Morgan fingerprint density at radius 1 is 1.19 bits per heavy atom. The van der Waals surface area contributed by atoms with Gasteiger partial charge in [-0.1, -0.05) is 36.0 Å². The molecule has 1 amide bonds. The van der Waals surface area contributed by atoms with Gasteiger partial charge in [0.15, 0.2) is 6.10 Å². The van der Waals surface area contributed by atoms with Gasteiger partial charge in [-0.15, -0.1) is 0 Å². The third-order valence-corrected chi connectivity index (χ3v) is 5.28. The molecule has 27 heavy (non-hydrogen) atoms. The first kappa shape index (κ1) is 19.2. The van der Waals surface area contributed by atoms with Crippen molar-refractivity contribution in [1.29, 1.82) is 0 Å². The topological polar surface area (TPSA) is 60.3 Å². The minimum atomic E-state index is -0.581. The van der Waals surface area contributed by atoms with Crippen molar-refractivity contribution in [3.05, 3.63) is 57.7 Å². The largest absolute Gasteiger partial charge is 0.481 e. The molecule has 0 bridgehead atoms. The zero-order chi connectivity index (χ0) is 19.6. The van der Waals surface area contributed by atoms with Crippen LogP contribution in [0.1, 0.15) is 38.8 Å². The van der Waals surface area contributed by atoms with Gasteiger partial charge in [-0.2, -0.15) is 0 Å². The molecule has 0 spiro atoms. The van der Waals surface area contributed by atoms with Gasteiger partial charge in [-0.05, 0) is 57.5 Å². The number of aromatic nitrogens is 1. The number of fused-ring (bicyclic) bond motifs is 1. The van der Waals surface area contributed by atoms with E-state index in [2.05, 4.69) is 5.32 Å². The molecular weight excluding hydrogens is 360 g/mol. The molecule has 1 N–H and O–H groups in total. The summed E-state index contributed by atoms with van der Waals surface area (Å²) >= 11 is 1.19. The van der Waals surface area contributed by atoms with Crippen molar-refractivity contribution < 1.29 is 9.53 Å². The number of amides is 1. The number of aryl methyl sites for hydroxylation is 1. The van der Waals surface area contributed by atoms with Gasteiger partial charge in [0, 0.05) is 11.7 Å². The number of thiazole rings is 1. The average Bonchev–Trinajstić information content (AvgIpc) is 2.96. The molecule has 5 nitrogen and oxygen atoms in total. The van der Waals surface area contributed by atoms with E-state index in [1.165, 1.54) is 11.3 Å². The predicted molar refractivity (Wildman–Crippen MR) is 111 cm³/mol. The van der Waals surface area contributed by atoms with E-state index in [9.17, 15) is 9.59 Å². The normalized spacial score (nSPS) is 12.3. The van der Waals surface area contributed by atoms with Crippen LogP contribution >= 0.6 is 11.3 Å². The number of anilines is 1. The lowest BCUT2D eigenvalue weighted by Gasteiger charge is -2.17. The third kappa shape index (κ3) is 4.22. The molecule has 0 aliphatic carbocycles. The molecule has 0 radical (unpaired) electrons. The van der Waals surface area contributed by atoms with Crippen LogP contribution in [0, 0.1) is 6.92 Å². The lowest BCUT2D eigenvalue weighted by Crippen LogP contribution is -2.32. The summed E-state index contributed by atoms with van der Waals surface area (Å²) in [5.74, 6) is 0.471. The van der Waals surface area contributed by atoms with E-state index in [1.807, 2.05) is 70.2 Å². The fourth-order valence-corrected chi connectivity index (χ4v) is 3.98. The number of hydrogen-bond acceptors (Lipinski definition) is 4. The number of carbonyl (C=O) groups excluding carboxylic acids is 1. The van der Waals surface area contributed by atoms with Crippen molar-refractivity contribution in [2.75, 3.05) is 5.32 Å². The van der Waals surface area contributed by atoms with E-state index in [0.717, 1.165) is 15.8 Å². The lowest BCUT2D eigenvalue weighted by atomic mass is 10.2. The Labute approximate surface area is 162 Å². The molecule has 0 saturated carbocycles. The number of hydrogen-bond donors (Lipinski definition) is 1. The van der Waals surface area contributed by atoms with Crippen LogP contribution in [0.25, 0.3) is 10.2 Å². The highest BCUT2D eigenvalue weighted by Gasteiger charge is 2.19. The van der Waals surface area contributed by atoms with Crippen LogP contribution in [0.4, 0.5) is 5.69 Å². The number of benzene rings is 2. The van der Waals surface area contributed by atoms with Gasteiger partial charge in [0.2, 0.25) is 0 Å². The minimum Gasteiger partial charge on any atom is -0.481 e. The Hall–Kier alpha value is -2.60. The average molecular weight is 385 g/mol. The van der Waals surface area contributed by atoms with E-state index in [-0.39, 0.29) is 16.8 Å². The summed E-state index contributed by atoms with van der Waals surface area (Å²) in [4.78, 5) is 24.8. The first-order chi connectivity index (χ1) is 12.9. The molecule has 0 unspecified atom stereocenters. The quantitative estimate of drug-likeness (QED) is 0.667. The smallest absolute Gasteiger partial charge is 0.308 e. The molecule has 1 aromatic heterocycles. The summed E-state index contributed by atoms with van der Waals surface area (Å²) in [6.45, 7) is 7.88. The van der Waals surface area contributed by atoms with Gasteiger partial charge in [0.25, 0.3) is 5.91 Å². The van der Waals surface area contributed by atoms with Gasteiger partial charge < -0.3 is 10.1 Å². The highest BCUT2D eigenvalue weighted by Crippen LogP contribution is 2.24. The molecule has 0 saturated heterocycles. The van der Waals surface area contributed by atoms with Crippen LogP contribution in [-0.2, 0) is 4.79 Å². The third-order valence-electron chi connectivity index (χ3n) is 4.36. The fourth-order valence-electron chi connectivity index (χ4n) is 2.93. The Morgan fingerprint density at radius 2 is 1.89 bits per heavy atom. The molecular formula is C21H24N2O3S. The molecule has 142 valence electrons. The predicted octanol–water partition coefficient (Wildman–Crippen LogP) is 4.75. The Balaban J connectivity index is 1.77. The van der Waals surface area contributed by atoms with Crippen LogP contribution in [0.5, 0.6) is 5.75 Å². The van der Waals surface area contributed by atoms with Crippen LogP contribution in [0.2, 0.25) is 0 Å². The van der Waals surface area contributed by atoms with E-state index in [0.29, 0.717) is 17.9 Å². The second-order valence-corrected chi connectivity index (χ2v) is 7.82. The number of nitrogens with zero attached hydrogens (tertiary/aromatic N) is 1. The van der Waals surface area contributed by atoms with E-state index >= 15 is 0 Å². The van der Waals surface area contributed by atoms with Crippen molar-refractivity contribution in [2.24, 2.45) is 0 Å². The van der Waals surface area contributed by atoms with Crippen LogP contribution in [0.3, 0.4) is 0 Å². The zero-order valence-corrected chi connectivity index (χ0v) is 16.8. The van der Waals surface area contributed by atoms with Gasteiger partial charge >= 0.3 is 4.87 Å². The summed E-state index contributed by atoms with van der Waals surface area (Å²) in [6, 6.07) is 13.3. The Morgan fingerprint density at radius 3 is 2.52 bits per heavy atom. The molecule has 3 rings (SSSR count). The highest BCUT2D eigenvalue weighted by molar-refractivity contribution is 7.16. The van der Waals surface area contributed by atoms with Gasteiger partial charge in [-0.25, -0.2) is 0 Å². The van der Waals surface area contributed by atoms with E-state index in [1.54, 1.807) is 4.57 Å². The number of rotatable bonds is 6. The summed E-state index contributed by atoms with van der Waals surface area (Å²) in [7, 11) is 0. The maximum Gasteiger partial charge on any atom is 0.308 e. The fraction of sp³-hybridized carbons (Fsp3) is 0.333. The summed E-state index contributed by atoms with van der Waals surface area (Å²) in [5.41, 5.74) is 2.69. The monoisotopic (exact) mass is 384 g/mol. The van der Waals surface area contributed by atoms with Gasteiger partial charge in [0.1, 0.15) is 5.75 Å². The number of ether oxygens (including phenoxy) is 1. The van der Waals surface area contributed by atoms with Crippen molar-refractivity contribution in [3.63, 3.8) is 0 Å². The Kier molecular flexibility index (Phi) is 5.65. The van der Waals surface area contributed by atoms with E-state index < -0.39 is 6.10 Å². The molecule has 3 aromatic rings. The second kappa shape index (κ2) is 7.96. The van der Waals surface area contributed by atoms with Crippen LogP contribution in [-0.4, -0.2) is 16.6 Å². The van der Waals surface area contributed by atoms with Gasteiger partial charge in [-0.3, -0.25) is 14.2 Å². The molecule has 6 heteroatoms. The zero-order valence-electron chi connectivity index (χ0n) is 16.0. The van der Waals surface area contributed by atoms with Gasteiger partial charge in [0.05, 0.1) is 10.2 Å². The standard InChI is InChI=1S/C21H24N2O3S/c1-5-18(26-16-9-6-14(4)7-10-16)20(24)22-15-8-11-17-19(12-15)27-21(25)23(17)13(2)3/h6-13,18H,5H2,1-4H3,(H,22,24)/t18-/m1/s1. The SMILES string of the molecule is CC[C@@H](Oc1ccc(C)cc1)C(=O)Nc1ccc2c(c1)sc(=O)n2C(C)C.